The molecule has 0 spiro atoms. The Balaban J connectivity index is 1.85. The van der Waals surface area contributed by atoms with E-state index in [2.05, 4.69) is 10.0 Å². The van der Waals surface area contributed by atoms with Crippen LogP contribution in [0.3, 0.4) is 0 Å². The molecular formula is C22H30FN3O5S2. The minimum Gasteiger partial charge on any atom is -0.350 e. The SMILES string of the molecule is CCN(CC)S(=O)(=O)c1ccc(C(C)NC(=O)CCCNS(=O)(=O)c2ccc(F)cc2)cc1. The summed E-state index contributed by atoms with van der Waals surface area (Å²) in [5, 5.41) is 2.82. The number of hydrogen-bond donors (Lipinski definition) is 2. The van der Waals surface area contributed by atoms with Crippen molar-refractivity contribution in [2.75, 3.05) is 19.6 Å². The lowest BCUT2D eigenvalue weighted by atomic mass is 10.1. The van der Waals surface area contributed by atoms with Crippen LogP contribution in [0.1, 0.15) is 45.2 Å². The number of carbonyl (C=O) groups excluding carboxylic acids is 1. The molecular weight excluding hydrogens is 469 g/mol. The molecule has 0 aromatic heterocycles. The van der Waals surface area contributed by atoms with Crippen LogP contribution in [0.5, 0.6) is 0 Å². The van der Waals surface area contributed by atoms with Gasteiger partial charge in [0.2, 0.25) is 26.0 Å². The van der Waals surface area contributed by atoms with E-state index in [9.17, 15) is 26.0 Å². The molecule has 11 heteroatoms. The van der Waals surface area contributed by atoms with E-state index in [4.69, 9.17) is 0 Å². The second kappa shape index (κ2) is 11.7. The highest BCUT2D eigenvalue weighted by molar-refractivity contribution is 7.89. The average molecular weight is 500 g/mol. The summed E-state index contributed by atoms with van der Waals surface area (Å²) in [7, 11) is -7.31. The van der Waals surface area contributed by atoms with Gasteiger partial charge in [0.15, 0.2) is 0 Å². The van der Waals surface area contributed by atoms with E-state index in [1.165, 1.54) is 28.6 Å². The Kier molecular flexibility index (Phi) is 9.53. The first-order valence-electron chi connectivity index (χ1n) is 10.7. The molecule has 0 aliphatic heterocycles. The zero-order valence-electron chi connectivity index (χ0n) is 18.9. The minimum absolute atomic E-state index is 0.0478. The summed E-state index contributed by atoms with van der Waals surface area (Å²) >= 11 is 0. The molecule has 8 nitrogen and oxygen atoms in total. The highest BCUT2D eigenvalue weighted by Crippen LogP contribution is 2.19. The van der Waals surface area contributed by atoms with Gasteiger partial charge in [-0.2, -0.15) is 4.31 Å². The smallest absolute Gasteiger partial charge is 0.243 e. The number of rotatable bonds is 12. The van der Waals surface area contributed by atoms with E-state index < -0.39 is 25.9 Å². The van der Waals surface area contributed by atoms with Crippen LogP contribution < -0.4 is 10.0 Å². The van der Waals surface area contributed by atoms with E-state index in [0.717, 1.165) is 17.7 Å². The first kappa shape index (κ1) is 26.9. The summed E-state index contributed by atoms with van der Waals surface area (Å²) in [5.41, 5.74) is 0.749. The molecule has 0 saturated heterocycles. The summed E-state index contributed by atoms with van der Waals surface area (Å²) in [5.74, 6) is -0.789. The Morgan fingerprint density at radius 3 is 2.03 bits per heavy atom. The number of nitrogens with one attached hydrogen (secondary N) is 2. The number of sulfonamides is 2. The van der Waals surface area contributed by atoms with E-state index in [1.807, 2.05) is 0 Å². The molecule has 1 unspecified atom stereocenters. The number of benzene rings is 2. The zero-order valence-corrected chi connectivity index (χ0v) is 20.5. The Hall–Kier alpha value is -2.34. The standard InChI is InChI=1S/C22H30FN3O5S2/c1-4-26(5-2)33(30,31)21-12-8-18(9-13-21)17(3)25-22(27)7-6-16-24-32(28,29)20-14-10-19(23)11-15-20/h8-15,17,24H,4-7,16H2,1-3H3,(H,25,27). The molecule has 2 rings (SSSR count). The Bertz CT molecular complexity index is 1130. The van der Waals surface area contributed by atoms with Crippen LogP contribution in [0.2, 0.25) is 0 Å². The molecule has 0 heterocycles. The maximum absolute atomic E-state index is 12.9. The van der Waals surface area contributed by atoms with Crippen molar-refractivity contribution in [2.24, 2.45) is 0 Å². The molecule has 0 fully saturated rings. The van der Waals surface area contributed by atoms with Crippen LogP contribution in [-0.2, 0) is 24.8 Å². The van der Waals surface area contributed by atoms with Gasteiger partial charge in [-0.15, -0.1) is 0 Å². The molecule has 0 aliphatic rings. The highest BCUT2D eigenvalue weighted by Gasteiger charge is 2.21. The molecule has 2 aromatic carbocycles. The summed E-state index contributed by atoms with van der Waals surface area (Å²) in [6.45, 7) is 6.16. The van der Waals surface area contributed by atoms with Gasteiger partial charge in [0.1, 0.15) is 5.82 Å². The number of halogens is 1. The van der Waals surface area contributed by atoms with E-state index in [-0.39, 0.29) is 41.1 Å². The predicted octanol–water partition coefficient (Wildman–Crippen LogP) is 2.79. The topological polar surface area (TPSA) is 113 Å². The van der Waals surface area contributed by atoms with Crippen LogP contribution in [0, 0.1) is 5.82 Å². The van der Waals surface area contributed by atoms with Crippen LogP contribution in [0.25, 0.3) is 0 Å². The maximum atomic E-state index is 12.9. The molecule has 0 saturated carbocycles. The molecule has 2 N–H and O–H groups in total. The first-order chi connectivity index (χ1) is 15.5. The number of nitrogens with zero attached hydrogens (tertiary/aromatic N) is 1. The minimum atomic E-state index is -3.77. The van der Waals surface area contributed by atoms with Gasteiger partial charge >= 0.3 is 0 Å². The van der Waals surface area contributed by atoms with Gasteiger partial charge in [0.25, 0.3) is 0 Å². The van der Waals surface area contributed by atoms with E-state index in [1.54, 1.807) is 32.9 Å². The monoisotopic (exact) mass is 499 g/mol. The van der Waals surface area contributed by atoms with Crippen molar-refractivity contribution in [1.29, 1.82) is 0 Å². The second-order valence-corrected chi connectivity index (χ2v) is 11.1. The van der Waals surface area contributed by atoms with Crippen molar-refractivity contribution < 1.29 is 26.0 Å². The lowest BCUT2D eigenvalue weighted by Crippen LogP contribution is -2.31. The second-order valence-electron chi connectivity index (χ2n) is 7.40. The van der Waals surface area contributed by atoms with Crippen molar-refractivity contribution in [3.8, 4) is 0 Å². The van der Waals surface area contributed by atoms with Crippen LogP contribution >= 0.6 is 0 Å². The van der Waals surface area contributed by atoms with Crippen LogP contribution in [0.15, 0.2) is 58.3 Å². The van der Waals surface area contributed by atoms with Crippen molar-refractivity contribution in [1.82, 2.24) is 14.3 Å². The van der Waals surface area contributed by atoms with Gasteiger partial charge in [-0.3, -0.25) is 4.79 Å². The third-order valence-corrected chi connectivity index (χ3v) is 8.64. The largest absolute Gasteiger partial charge is 0.350 e. The molecule has 0 radical (unpaired) electrons. The number of carbonyl (C=O) groups is 1. The van der Waals surface area contributed by atoms with Crippen molar-refractivity contribution in [3.05, 3.63) is 59.9 Å². The highest BCUT2D eigenvalue weighted by atomic mass is 32.2. The quantitative estimate of drug-likeness (QED) is 0.436. The molecule has 0 bridgehead atoms. The van der Waals surface area contributed by atoms with Gasteiger partial charge in [0.05, 0.1) is 15.8 Å². The lowest BCUT2D eigenvalue weighted by Gasteiger charge is -2.19. The summed E-state index contributed by atoms with van der Waals surface area (Å²) in [6.07, 6.45) is 0.380. The molecule has 182 valence electrons. The molecule has 2 aromatic rings. The summed E-state index contributed by atoms with van der Waals surface area (Å²) in [6, 6.07) is 10.5. The Morgan fingerprint density at radius 2 is 1.48 bits per heavy atom. The fourth-order valence-corrected chi connectivity index (χ4v) is 5.72. The normalized spacial score (nSPS) is 13.1. The molecule has 33 heavy (non-hydrogen) atoms. The molecule has 1 atom stereocenters. The average Bonchev–Trinajstić information content (AvgIpc) is 2.77. The maximum Gasteiger partial charge on any atom is 0.243 e. The Labute approximate surface area is 195 Å². The van der Waals surface area contributed by atoms with Gasteiger partial charge in [0, 0.05) is 26.1 Å². The van der Waals surface area contributed by atoms with E-state index in [0.29, 0.717) is 13.1 Å². The number of hydrogen-bond acceptors (Lipinski definition) is 5. The van der Waals surface area contributed by atoms with Crippen LogP contribution in [-0.4, -0.2) is 46.7 Å². The van der Waals surface area contributed by atoms with Gasteiger partial charge < -0.3 is 5.32 Å². The van der Waals surface area contributed by atoms with Gasteiger partial charge in [-0.1, -0.05) is 26.0 Å². The van der Waals surface area contributed by atoms with Crippen molar-refractivity contribution in [2.45, 2.75) is 49.4 Å². The molecule has 0 aliphatic carbocycles. The third kappa shape index (κ3) is 7.32. The fourth-order valence-electron chi connectivity index (χ4n) is 3.19. The first-order valence-corrected chi connectivity index (χ1v) is 13.6. The van der Waals surface area contributed by atoms with Gasteiger partial charge in [-0.25, -0.2) is 25.9 Å². The Morgan fingerprint density at radius 1 is 0.939 bits per heavy atom. The third-order valence-electron chi connectivity index (χ3n) is 5.10. The van der Waals surface area contributed by atoms with Crippen LogP contribution in [0.4, 0.5) is 4.39 Å². The predicted molar refractivity (Wildman–Crippen MR) is 124 cm³/mol. The molecule has 1 amide bonds. The van der Waals surface area contributed by atoms with E-state index >= 15 is 0 Å². The zero-order chi connectivity index (χ0) is 24.6. The fraction of sp³-hybridized carbons (Fsp3) is 0.409. The summed E-state index contributed by atoms with van der Waals surface area (Å²) < 4.78 is 66.1. The number of amides is 1. The van der Waals surface area contributed by atoms with Gasteiger partial charge in [-0.05, 0) is 55.3 Å². The van der Waals surface area contributed by atoms with Crippen molar-refractivity contribution >= 4 is 26.0 Å². The van der Waals surface area contributed by atoms with Crippen molar-refractivity contribution in [3.63, 3.8) is 0 Å². The summed E-state index contributed by atoms with van der Waals surface area (Å²) in [4.78, 5) is 12.4. The lowest BCUT2D eigenvalue weighted by molar-refractivity contribution is -0.121.